The van der Waals surface area contributed by atoms with Gasteiger partial charge >= 0.3 is 0 Å². The Labute approximate surface area is 171 Å². The number of furan rings is 1. The van der Waals surface area contributed by atoms with Gasteiger partial charge < -0.3 is 13.9 Å². The van der Waals surface area contributed by atoms with E-state index >= 15 is 0 Å². The second-order valence-corrected chi connectivity index (χ2v) is 7.64. The molecule has 0 saturated heterocycles. The fraction of sp³-hybridized carbons (Fsp3) is 0.143. The van der Waals surface area contributed by atoms with Crippen molar-refractivity contribution in [2.75, 3.05) is 0 Å². The third kappa shape index (κ3) is 4.18. The average molecular weight is 412 g/mol. The van der Waals surface area contributed by atoms with E-state index in [0.717, 1.165) is 17.1 Å². The second kappa shape index (κ2) is 8.46. The van der Waals surface area contributed by atoms with E-state index in [1.807, 2.05) is 64.7 Å². The van der Waals surface area contributed by atoms with Crippen molar-refractivity contribution >= 4 is 28.8 Å². The van der Waals surface area contributed by atoms with Crippen LogP contribution in [0.25, 0.3) is 0 Å². The molecule has 0 spiro atoms. The van der Waals surface area contributed by atoms with Gasteiger partial charge in [0.2, 0.25) is 0 Å². The van der Waals surface area contributed by atoms with E-state index in [0.29, 0.717) is 29.5 Å². The molecule has 4 rings (SSSR count). The van der Waals surface area contributed by atoms with Crippen molar-refractivity contribution in [3.63, 3.8) is 0 Å². The molecule has 0 saturated carbocycles. The Bertz CT molecular complexity index is 1040. The zero-order chi connectivity index (χ0) is 19.3. The Kier molecular flexibility index (Phi) is 5.60. The lowest BCUT2D eigenvalue weighted by molar-refractivity contribution is 0.0716. The Morgan fingerprint density at radius 2 is 2.04 bits per heavy atom. The van der Waals surface area contributed by atoms with Gasteiger partial charge in [0.1, 0.15) is 11.6 Å². The number of benzene rings is 1. The van der Waals surface area contributed by atoms with Crippen molar-refractivity contribution in [3.8, 4) is 0 Å². The van der Waals surface area contributed by atoms with Crippen LogP contribution in [0.4, 0.5) is 0 Å². The number of thiophene rings is 1. The smallest absolute Gasteiger partial charge is 0.264 e. The molecule has 0 bridgehead atoms. The molecule has 5 nitrogen and oxygen atoms in total. The first kappa shape index (κ1) is 18.5. The summed E-state index contributed by atoms with van der Waals surface area (Å²) in [7, 11) is 0. The van der Waals surface area contributed by atoms with Gasteiger partial charge in [-0.2, -0.15) is 0 Å². The molecule has 0 aliphatic rings. The van der Waals surface area contributed by atoms with Crippen LogP contribution in [-0.2, 0) is 19.6 Å². The minimum atomic E-state index is -0.0429. The van der Waals surface area contributed by atoms with Crippen molar-refractivity contribution in [1.82, 2.24) is 14.5 Å². The number of carbonyl (C=O) groups is 1. The Balaban J connectivity index is 1.58. The summed E-state index contributed by atoms with van der Waals surface area (Å²) in [5.41, 5.74) is 1.01. The van der Waals surface area contributed by atoms with Crippen LogP contribution in [0, 0.1) is 0 Å². The number of rotatable bonds is 7. The summed E-state index contributed by atoms with van der Waals surface area (Å²) in [5.74, 6) is 1.48. The summed E-state index contributed by atoms with van der Waals surface area (Å²) in [4.78, 5) is 19.9. The van der Waals surface area contributed by atoms with Gasteiger partial charge in [0.05, 0.1) is 30.8 Å². The monoisotopic (exact) mass is 411 g/mol. The highest BCUT2D eigenvalue weighted by atomic mass is 35.5. The summed E-state index contributed by atoms with van der Waals surface area (Å²) < 4.78 is 7.47. The topological polar surface area (TPSA) is 51.3 Å². The van der Waals surface area contributed by atoms with Gasteiger partial charge in [0.15, 0.2) is 0 Å². The summed E-state index contributed by atoms with van der Waals surface area (Å²) in [6.07, 6.45) is 5.26. The van der Waals surface area contributed by atoms with E-state index in [1.165, 1.54) is 11.3 Å². The SMILES string of the molecule is O=C(c1cccs1)N(Cc1ccco1)Cc1nccn1Cc1ccccc1Cl. The first-order valence-corrected chi connectivity index (χ1v) is 10.0. The molecule has 0 radical (unpaired) electrons. The standard InChI is InChI=1S/C21H18ClN3O2S/c22-18-7-2-1-5-16(18)13-24-10-9-23-20(24)15-25(14-17-6-3-11-27-17)21(26)19-8-4-12-28-19/h1-12H,13-15H2. The number of amides is 1. The number of imidazole rings is 1. The summed E-state index contributed by atoms with van der Waals surface area (Å²) in [5, 5.41) is 2.61. The number of halogens is 1. The highest BCUT2D eigenvalue weighted by molar-refractivity contribution is 7.12. The first-order chi connectivity index (χ1) is 13.7. The van der Waals surface area contributed by atoms with Crippen LogP contribution in [0.3, 0.4) is 0 Å². The molecule has 1 aromatic carbocycles. The zero-order valence-electron chi connectivity index (χ0n) is 15.0. The second-order valence-electron chi connectivity index (χ2n) is 6.28. The maximum Gasteiger partial charge on any atom is 0.264 e. The van der Waals surface area contributed by atoms with Crippen LogP contribution in [0.15, 0.2) is 77.0 Å². The normalized spacial score (nSPS) is 10.9. The predicted molar refractivity (Wildman–Crippen MR) is 109 cm³/mol. The van der Waals surface area contributed by atoms with Crippen molar-refractivity contribution in [3.05, 3.63) is 99.6 Å². The predicted octanol–water partition coefficient (Wildman–Crippen LogP) is 5.08. The molecule has 28 heavy (non-hydrogen) atoms. The molecule has 7 heteroatoms. The van der Waals surface area contributed by atoms with E-state index in [9.17, 15) is 4.79 Å². The average Bonchev–Trinajstić information content (AvgIpc) is 3.46. The van der Waals surface area contributed by atoms with Gasteiger partial charge in [-0.25, -0.2) is 4.98 Å². The Morgan fingerprint density at radius 1 is 1.14 bits per heavy atom. The van der Waals surface area contributed by atoms with Gasteiger partial charge in [0.25, 0.3) is 5.91 Å². The maximum absolute atomic E-state index is 13.0. The van der Waals surface area contributed by atoms with E-state index in [2.05, 4.69) is 4.98 Å². The number of hydrogen-bond donors (Lipinski definition) is 0. The summed E-state index contributed by atoms with van der Waals surface area (Å²) >= 11 is 7.73. The fourth-order valence-corrected chi connectivity index (χ4v) is 3.85. The number of aromatic nitrogens is 2. The number of carbonyl (C=O) groups excluding carboxylic acids is 1. The lowest BCUT2D eigenvalue weighted by atomic mass is 10.2. The van der Waals surface area contributed by atoms with Gasteiger partial charge in [0, 0.05) is 17.4 Å². The lowest BCUT2D eigenvalue weighted by Gasteiger charge is -2.21. The minimum absolute atomic E-state index is 0.0429. The third-order valence-corrected chi connectivity index (χ3v) is 5.61. The quantitative estimate of drug-likeness (QED) is 0.426. The zero-order valence-corrected chi connectivity index (χ0v) is 16.6. The molecule has 3 heterocycles. The molecule has 1 amide bonds. The number of hydrogen-bond acceptors (Lipinski definition) is 4. The van der Waals surface area contributed by atoms with E-state index in [-0.39, 0.29) is 5.91 Å². The van der Waals surface area contributed by atoms with Crippen LogP contribution < -0.4 is 0 Å². The van der Waals surface area contributed by atoms with E-state index in [1.54, 1.807) is 17.4 Å². The van der Waals surface area contributed by atoms with E-state index < -0.39 is 0 Å². The van der Waals surface area contributed by atoms with Gasteiger partial charge in [-0.1, -0.05) is 35.9 Å². The van der Waals surface area contributed by atoms with Crippen LogP contribution in [0.5, 0.6) is 0 Å². The van der Waals surface area contributed by atoms with Crippen LogP contribution >= 0.6 is 22.9 Å². The van der Waals surface area contributed by atoms with Crippen molar-refractivity contribution < 1.29 is 9.21 Å². The van der Waals surface area contributed by atoms with Gasteiger partial charge in [-0.15, -0.1) is 11.3 Å². The molecular formula is C21H18ClN3O2S. The Hall–Kier alpha value is -2.83. The lowest BCUT2D eigenvalue weighted by Crippen LogP contribution is -2.30. The molecular weight excluding hydrogens is 394 g/mol. The maximum atomic E-state index is 13.0. The molecule has 0 unspecified atom stereocenters. The minimum Gasteiger partial charge on any atom is -0.467 e. The highest BCUT2D eigenvalue weighted by Gasteiger charge is 2.20. The molecule has 142 valence electrons. The van der Waals surface area contributed by atoms with Crippen LogP contribution in [-0.4, -0.2) is 20.4 Å². The van der Waals surface area contributed by atoms with Gasteiger partial charge in [-0.3, -0.25) is 4.79 Å². The summed E-state index contributed by atoms with van der Waals surface area (Å²) in [6, 6.07) is 15.1. The molecule has 0 fully saturated rings. The Morgan fingerprint density at radius 3 is 2.79 bits per heavy atom. The van der Waals surface area contributed by atoms with Crippen LogP contribution in [0.2, 0.25) is 5.02 Å². The van der Waals surface area contributed by atoms with Crippen LogP contribution in [0.1, 0.15) is 26.8 Å². The molecule has 3 aromatic heterocycles. The molecule has 0 atom stereocenters. The third-order valence-electron chi connectivity index (χ3n) is 4.38. The fourth-order valence-electron chi connectivity index (χ4n) is 2.96. The molecule has 4 aromatic rings. The molecule has 0 N–H and O–H groups in total. The van der Waals surface area contributed by atoms with Crippen molar-refractivity contribution in [2.24, 2.45) is 0 Å². The largest absolute Gasteiger partial charge is 0.467 e. The number of nitrogens with zero attached hydrogens (tertiary/aromatic N) is 3. The van der Waals surface area contributed by atoms with E-state index in [4.69, 9.17) is 16.0 Å². The highest BCUT2D eigenvalue weighted by Crippen LogP contribution is 2.20. The summed E-state index contributed by atoms with van der Waals surface area (Å²) in [6.45, 7) is 1.34. The van der Waals surface area contributed by atoms with Gasteiger partial charge in [-0.05, 0) is 35.2 Å². The van der Waals surface area contributed by atoms with Crippen molar-refractivity contribution in [1.29, 1.82) is 0 Å². The molecule has 0 aliphatic carbocycles. The van der Waals surface area contributed by atoms with Crippen molar-refractivity contribution in [2.45, 2.75) is 19.6 Å². The first-order valence-electron chi connectivity index (χ1n) is 8.79. The molecule has 0 aliphatic heterocycles.